The number of hydrogen-bond acceptors (Lipinski definition) is 3. The van der Waals surface area contributed by atoms with Crippen molar-refractivity contribution in [3.8, 4) is 0 Å². The van der Waals surface area contributed by atoms with E-state index in [9.17, 15) is 9.59 Å². The van der Waals surface area contributed by atoms with Gasteiger partial charge in [0.2, 0.25) is 0 Å². The molecule has 136 valence electrons. The van der Waals surface area contributed by atoms with Gasteiger partial charge in [0.25, 0.3) is 5.91 Å². The molecule has 0 aliphatic carbocycles. The Labute approximate surface area is 165 Å². The van der Waals surface area contributed by atoms with Crippen molar-refractivity contribution in [2.75, 3.05) is 0 Å². The number of aromatic nitrogens is 1. The molecule has 1 N–H and O–H groups in total. The highest BCUT2D eigenvalue weighted by atomic mass is 35.5. The van der Waals surface area contributed by atoms with Crippen LogP contribution in [0, 0.1) is 0 Å². The summed E-state index contributed by atoms with van der Waals surface area (Å²) in [7, 11) is 0. The summed E-state index contributed by atoms with van der Waals surface area (Å²) in [6.45, 7) is 1.80. The molecule has 5 nitrogen and oxygen atoms in total. The zero-order valence-corrected chi connectivity index (χ0v) is 15.9. The predicted octanol–water partition coefficient (Wildman–Crippen LogP) is 4.51. The quantitative estimate of drug-likeness (QED) is 0.659. The van der Waals surface area contributed by atoms with Crippen LogP contribution in [0.25, 0.3) is 10.9 Å². The van der Waals surface area contributed by atoms with Crippen LogP contribution >= 0.6 is 23.2 Å². The van der Waals surface area contributed by atoms with E-state index in [0.717, 1.165) is 10.9 Å². The van der Waals surface area contributed by atoms with Crippen LogP contribution in [-0.4, -0.2) is 21.8 Å². The van der Waals surface area contributed by atoms with E-state index in [1.54, 1.807) is 55.6 Å². The standard InChI is InChI=1S/C20H15Cl2N3O2/c1-20(13-5-7-14(21)8-6-13)18(26)25(19(27)24-20)11-12-4-9-16(22)15-3-2-10-23-17(12)15/h2-10H,11H2,1H3,(H,24,27). The van der Waals surface area contributed by atoms with Gasteiger partial charge in [0, 0.05) is 21.6 Å². The van der Waals surface area contributed by atoms with Crippen LogP contribution in [0.5, 0.6) is 0 Å². The molecule has 0 radical (unpaired) electrons. The molecule has 4 rings (SSSR count). The normalized spacial score (nSPS) is 19.6. The maximum Gasteiger partial charge on any atom is 0.325 e. The third kappa shape index (κ3) is 2.93. The number of halogens is 2. The molecular weight excluding hydrogens is 385 g/mol. The minimum atomic E-state index is -1.14. The number of nitrogens with zero attached hydrogens (tertiary/aromatic N) is 2. The van der Waals surface area contributed by atoms with E-state index < -0.39 is 11.6 Å². The minimum Gasteiger partial charge on any atom is -0.319 e. The van der Waals surface area contributed by atoms with Gasteiger partial charge in [0.15, 0.2) is 0 Å². The molecule has 1 unspecified atom stereocenters. The van der Waals surface area contributed by atoms with Crippen LogP contribution in [0.3, 0.4) is 0 Å². The van der Waals surface area contributed by atoms with E-state index in [1.807, 2.05) is 6.07 Å². The monoisotopic (exact) mass is 399 g/mol. The van der Waals surface area contributed by atoms with E-state index in [1.165, 1.54) is 4.90 Å². The first-order valence-electron chi connectivity index (χ1n) is 8.32. The van der Waals surface area contributed by atoms with Crippen LogP contribution in [-0.2, 0) is 16.9 Å². The number of hydrogen-bond donors (Lipinski definition) is 1. The van der Waals surface area contributed by atoms with E-state index in [2.05, 4.69) is 10.3 Å². The highest BCUT2D eigenvalue weighted by Crippen LogP contribution is 2.32. The molecule has 1 saturated heterocycles. The Hall–Kier alpha value is -2.63. The van der Waals surface area contributed by atoms with Crippen LogP contribution in [0.4, 0.5) is 4.79 Å². The second-order valence-corrected chi connectivity index (χ2v) is 7.40. The lowest BCUT2D eigenvalue weighted by molar-refractivity contribution is -0.131. The molecular formula is C20H15Cl2N3O2. The third-order valence-electron chi connectivity index (χ3n) is 4.83. The average molecular weight is 400 g/mol. The lowest BCUT2D eigenvalue weighted by atomic mass is 9.92. The Bertz CT molecular complexity index is 1070. The first kappa shape index (κ1) is 17.8. The number of rotatable bonds is 3. The van der Waals surface area contributed by atoms with Gasteiger partial charge < -0.3 is 5.32 Å². The zero-order chi connectivity index (χ0) is 19.2. The molecule has 2 heterocycles. The van der Waals surface area contributed by atoms with Crippen molar-refractivity contribution in [3.05, 3.63) is 75.9 Å². The van der Waals surface area contributed by atoms with Crippen molar-refractivity contribution in [3.63, 3.8) is 0 Å². The van der Waals surface area contributed by atoms with E-state index in [0.29, 0.717) is 21.1 Å². The number of pyridine rings is 1. The van der Waals surface area contributed by atoms with Gasteiger partial charge in [0.05, 0.1) is 12.1 Å². The summed E-state index contributed by atoms with van der Waals surface area (Å²) in [5.74, 6) is -0.325. The lowest BCUT2D eigenvalue weighted by Gasteiger charge is -2.22. The number of carbonyl (C=O) groups is 2. The number of urea groups is 1. The van der Waals surface area contributed by atoms with Crippen molar-refractivity contribution >= 4 is 46.0 Å². The van der Waals surface area contributed by atoms with E-state index >= 15 is 0 Å². The summed E-state index contributed by atoms with van der Waals surface area (Å²) >= 11 is 12.2. The number of carbonyl (C=O) groups excluding carboxylic acids is 2. The van der Waals surface area contributed by atoms with Gasteiger partial charge in [-0.2, -0.15) is 0 Å². The van der Waals surface area contributed by atoms with Gasteiger partial charge in [-0.3, -0.25) is 14.7 Å². The fourth-order valence-corrected chi connectivity index (χ4v) is 3.66. The van der Waals surface area contributed by atoms with Crippen molar-refractivity contribution in [1.29, 1.82) is 0 Å². The molecule has 7 heteroatoms. The van der Waals surface area contributed by atoms with Crippen molar-refractivity contribution in [2.45, 2.75) is 19.0 Å². The third-order valence-corrected chi connectivity index (χ3v) is 5.41. The van der Waals surface area contributed by atoms with Gasteiger partial charge in [-0.25, -0.2) is 4.79 Å². The maximum atomic E-state index is 13.1. The Balaban J connectivity index is 1.70. The topological polar surface area (TPSA) is 62.3 Å². The Morgan fingerprint density at radius 1 is 1.07 bits per heavy atom. The first-order valence-corrected chi connectivity index (χ1v) is 9.08. The molecule has 1 aliphatic rings. The number of imide groups is 1. The van der Waals surface area contributed by atoms with Crippen LogP contribution in [0.1, 0.15) is 18.1 Å². The summed E-state index contributed by atoms with van der Waals surface area (Å²) in [5.41, 5.74) is 0.952. The fraction of sp³-hybridized carbons (Fsp3) is 0.150. The van der Waals surface area contributed by atoms with Crippen LogP contribution in [0.15, 0.2) is 54.7 Å². The van der Waals surface area contributed by atoms with Crippen LogP contribution < -0.4 is 5.32 Å². The van der Waals surface area contributed by atoms with Gasteiger partial charge in [-0.1, -0.05) is 41.4 Å². The summed E-state index contributed by atoms with van der Waals surface area (Å²) < 4.78 is 0. The highest BCUT2D eigenvalue weighted by molar-refractivity contribution is 6.35. The number of amides is 3. The largest absolute Gasteiger partial charge is 0.325 e. The highest BCUT2D eigenvalue weighted by Gasteiger charge is 2.48. The molecule has 1 aliphatic heterocycles. The molecule has 0 bridgehead atoms. The average Bonchev–Trinajstić information content (AvgIpc) is 2.88. The second-order valence-electron chi connectivity index (χ2n) is 6.56. The predicted molar refractivity (Wildman–Crippen MR) is 105 cm³/mol. The Morgan fingerprint density at radius 3 is 2.56 bits per heavy atom. The summed E-state index contributed by atoms with van der Waals surface area (Å²) in [6.07, 6.45) is 1.66. The first-order chi connectivity index (χ1) is 12.9. The molecule has 3 aromatic rings. The fourth-order valence-electron chi connectivity index (χ4n) is 3.31. The SMILES string of the molecule is CC1(c2ccc(Cl)cc2)NC(=O)N(Cc2ccc(Cl)c3cccnc23)C1=O. The maximum absolute atomic E-state index is 13.1. The minimum absolute atomic E-state index is 0.110. The zero-order valence-electron chi connectivity index (χ0n) is 14.4. The second kappa shape index (κ2) is 6.51. The summed E-state index contributed by atoms with van der Waals surface area (Å²) in [5, 5.41) is 4.71. The van der Waals surface area contributed by atoms with E-state index in [4.69, 9.17) is 23.2 Å². The molecule has 2 aromatic carbocycles. The molecule has 27 heavy (non-hydrogen) atoms. The summed E-state index contributed by atoms with van der Waals surface area (Å²) in [6, 6.07) is 13.6. The van der Waals surface area contributed by atoms with Gasteiger partial charge >= 0.3 is 6.03 Å². The Morgan fingerprint density at radius 2 is 1.81 bits per heavy atom. The number of nitrogens with one attached hydrogen (secondary N) is 1. The smallest absolute Gasteiger partial charge is 0.319 e. The Kier molecular flexibility index (Phi) is 4.29. The molecule has 0 spiro atoms. The molecule has 3 amide bonds. The number of benzene rings is 2. The van der Waals surface area contributed by atoms with Crippen molar-refractivity contribution in [2.24, 2.45) is 0 Å². The van der Waals surface area contributed by atoms with E-state index in [-0.39, 0.29) is 12.5 Å². The molecule has 1 fully saturated rings. The molecule has 1 aromatic heterocycles. The van der Waals surface area contributed by atoms with Crippen LogP contribution in [0.2, 0.25) is 10.0 Å². The summed E-state index contributed by atoms with van der Waals surface area (Å²) in [4.78, 5) is 31.2. The number of fused-ring (bicyclic) bond motifs is 1. The van der Waals surface area contributed by atoms with Gasteiger partial charge in [-0.15, -0.1) is 0 Å². The van der Waals surface area contributed by atoms with Gasteiger partial charge in [-0.05, 0) is 48.4 Å². The molecule has 1 atom stereocenters. The van der Waals surface area contributed by atoms with Gasteiger partial charge in [0.1, 0.15) is 5.54 Å². The van der Waals surface area contributed by atoms with Crippen molar-refractivity contribution in [1.82, 2.24) is 15.2 Å². The van der Waals surface area contributed by atoms with Crippen molar-refractivity contribution < 1.29 is 9.59 Å². The molecule has 0 saturated carbocycles. The lowest BCUT2D eigenvalue weighted by Crippen LogP contribution is -2.40.